The highest BCUT2D eigenvalue weighted by molar-refractivity contribution is 7.71. The molecule has 11 heteroatoms. The second kappa shape index (κ2) is 8.07. The summed E-state index contributed by atoms with van der Waals surface area (Å²) in [4.78, 5) is 17.0. The van der Waals surface area contributed by atoms with Crippen LogP contribution >= 0.6 is 12.2 Å². The van der Waals surface area contributed by atoms with Crippen LogP contribution in [-0.4, -0.2) is 37.7 Å². The number of H-pyrrole nitrogens is 3. The Morgan fingerprint density at radius 2 is 2.19 bits per heavy atom. The Hall–Kier alpha value is -3.78. The van der Waals surface area contributed by atoms with Crippen LogP contribution in [0, 0.1) is 16.1 Å². The van der Waals surface area contributed by atoms with E-state index in [0.29, 0.717) is 22.9 Å². The molecule has 0 saturated heterocycles. The third-order valence-corrected chi connectivity index (χ3v) is 3.68. The molecule has 0 bridgehead atoms. The van der Waals surface area contributed by atoms with Crippen LogP contribution in [0.25, 0.3) is 12.2 Å². The Bertz CT molecular complexity index is 1130. The Morgan fingerprint density at radius 1 is 1.33 bits per heavy atom. The number of methoxy groups -OCH3 is 1. The van der Waals surface area contributed by atoms with Gasteiger partial charge in [-0.25, -0.2) is 0 Å². The number of nitrogens with zero attached hydrogens (tertiary/aromatic N) is 4. The summed E-state index contributed by atoms with van der Waals surface area (Å²) in [5.41, 5.74) is 0.316. The highest BCUT2D eigenvalue weighted by atomic mass is 32.1. The maximum Gasteiger partial charge on any atom is 0.270 e. The molecule has 2 heterocycles. The minimum Gasteiger partial charge on any atom is -0.493 e. The third kappa shape index (κ3) is 4.07. The molecule has 0 amide bonds. The Balaban J connectivity index is 1.97. The number of hydrogen-bond donors (Lipinski definition) is 3. The van der Waals surface area contributed by atoms with Crippen molar-refractivity contribution in [2.24, 2.45) is 0 Å². The van der Waals surface area contributed by atoms with Gasteiger partial charge < -0.3 is 14.5 Å². The first-order valence-electron chi connectivity index (χ1n) is 7.59. The maximum absolute atomic E-state index is 11.8. The van der Waals surface area contributed by atoms with Crippen molar-refractivity contribution in [2.45, 2.75) is 6.61 Å². The van der Waals surface area contributed by atoms with Crippen LogP contribution in [0.2, 0.25) is 0 Å². The molecule has 0 spiro atoms. The fraction of sp³-hybridized carbons (Fsp3) is 0.125. The van der Waals surface area contributed by atoms with Crippen molar-refractivity contribution < 1.29 is 9.47 Å². The number of aromatic nitrogens is 6. The lowest BCUT2D eigenvalue weighted by Crippen LogP contribution is -2.13. The molecule has 0 aliphatic carbocycles. The topological polar surface area (TPSA) is 145 Å². The molecule has 136 valence electrons. The van der Waals surface area contributed by atoms with Gasteiger partial charge in [0.2, 0.25) is 5.82 Å². The first-order valence-corrected chi connectivity index (χ1v) is 8.00. The van der Waals surface area contributed by atoms with E-state index in [0.717, 1.165) is 0 Å². The first kappa shape index (κ1) is 18.0. The van der Waals surface area contributed by atoms with Gasteiger partial charge in [0.15, 0.2) is 22.9 Å². The third-order valence-electron chi connectivity index (χ3n) is 3.48. The van der Waals surface area contributed by atoms with Crippen molar-refractivity contribution in [1.82, 2.24) is 30.6 Å². The number of tetrazole rings is 1. The molecule has 0 fully saturated rings. The van der Waals surface area contributed by atoms with Gasteiger partial charge in [-0.05, 0) is 30.4 Å². The molecule has 0 atom stereocenters. The number of benzene rings is 1. The Kier molecular flexibility index (Phi) is 5.38. The SMILES string of the molecule is COc1cccc(C=Cc2[nH]c(=S)[nH]c(=O)c2C#N)c1OCc1nn[nH]n1. The summed E-state index contributed by atoms with van der Waals surface area (Å²) in [6.07, 6.45) is 3.24. The molecule has 2 aromatic heterocycles. The number of ether oxygens (including phenoxy) is 2. The Labute approximate surface area is 157 Å². The van der Waals surface area contributed by atoms with Crippen molar-refractivity contribution in [3.63, 3.8) is 0 Å². The second-order valence-corrected chi connectivity index (χ2v) is 5.55. The molecule has 0 saturated carbocycles. The summed E-state index contributed by atoms with van der Waals surface area (Å²) in [6, 6.07) is 7.17. The van der Waals surface area contributed by atoms with Gasteiger partial charge in [0, 0.05) is 5.56 Å². The number of hydrogen-bond acceptors (Lipinski definition) is 8. The molecule has 10 nitrogen and oxygen atoms in total. The standard InChI is InChI=1S/C16H13N7O3S/c1-25-12-4-2-3-9(14(12)26-8-13-20-22-23-21-13)5-6-11-10(7-17)15(24)19-16(27)18-11/h2-6H,8H2,1H3,(H2,18,19,24,27)(H,20,21,22,23). The molecule has 3 rings (SSSR count). The predicted molar refractivity (Wildman–Crippen MR) is 97.4 cm³/mol. The van der Waals surface area contributed by atoms with Gasteiger partial charge in [-0.1, -0.05) is 17.3 Å². The molecule has 27 heavy (non-hydrogen) atoms. The van der Waals surface area contributed by atoms with E-state index in [1.54, 1.807) is 30.4 Å². The van der Waals surface area contributed by atoms with Gasteiger partial charge >= 0.3 is 0 Å². The lowest BCUT2D eigenvalue weighted by Gasteiger charge is -2.12. The summed E-state index contributed by atoms with van der Waals surface area (Å²) in [6.45, 7) is 0.0780. The minimum absolute atomic E-state index is 0.0722. The van der Waals surface area contributed by atoms with Gasteiger partial charge in [0.1, 0.15) is 11.6 Å². The lowest BCUT2D eigenvalue weighted by molar-refractivity contribution is 0.276. The number of aromatic amines is 3. The van der Waals surface area contributed by atoms with E-state index in [-0.39, 0.29) is 22.6 Å². The summed E-state index contributed by atoms with van der Waals surface area (Å²) in [7, 11) is 1.52. The van der Waals surface area contributed by atoms with E-state index >= 15 is 0 Å². The first-order chi connectivity index (χ1) is 13.1. The van der Waals surface area contributed by atoms with E-state index < -0.39 is 5.56 Å². The highest BCUT2D eigenvalue weighted by Crippen LogP contribution is 2.32. The molecular weight excluding hydrogens is 370 g/mol. The van der Waals surface area contributed by atoms with Gasteiger partial charge in [0.05, 0.1) is 12.8 Å². The average molecular weight is 383 g/mol. The smallest absolute Gasteiger partial charge is 0.270 e. The van der Waals surface area contributed by atoms with E-state index in [2.05, 4.69) is 30.6 Å². The van der Waals surface area contributed by atoms with E-state index in [4.69, 9.17) is 21.7 Å². The quantitative estimate of drug-likeness (QED) is 0.544. The summed E-state index contributed by atoms with van der Waals surface area (Å²) < 4.78 is 11.2. The van der Waals surface area contributed by atoms with Crippen LogP contribution < -0.4 is 15.0 Å². The summed E-state index contributed by atoms with van der Waals surface area (Å²) in [5, 5.41) is 22.7. The number of nitrogens with one attached hydrogen (secondary N) is 3. The monoisotopic (exact) mass is 383 g/mol. The zero-order valence-corrected chi connectivity index (χ0v) is 14.8. The molecular formula is C16H13N7O3S. The molecule has 3 aromatic rings. The van der Waals surface area contributed by atoms with Crippen LogP contribution in [0.4, 0.5) is 0 Å². The number of para-hydroxylation sites is 1. The highest BCUT2D eigenvalue weighted by Gasteiger charge is 2.11. The van der Waals surface area contributed by atoms with Crippen LogP contribution in [0.3, 0.4) is 0 Å². The van der Waals surface area contributed by atoms with Crippen molar-refractivity contribution in [3.8, 4) is 17.6 Å². The van der Waals surface area contributed by atoms with E-state index in [9.17, 15) is 10.1 Å². The zero-order valence-electron chi connectivity index (χ0n) is 14.0. The van der Waals surface area contributed by atoms with Gasteiger partial charge in [-0.3, -0.25) is 9.78 Å². The van der Waals surface area contributed by atoms with Crippen LogP contribution in [0.5, 0.6) is 11.5 Å². The summed E-state index contributed by atoms with van der Waals surface area (Å²) in [5.74, 6) is 1.32. The maximum atomic E-state index is 11.8. The number of rotatable bonds is 6. The lowest BCUT2D eigenvalue weighted by atomic mass is 10.1. The molecule has 0 aliphatic rings. The van der Waals surface area contributed by atoms with Crippen LogP contribution in [-0.2, 0) is 6.61 Å². The van der Waals surface area contributed by atoms with Gasteiger partial charge in [0.25, 0.3) is 5.56 Å². The molecule has 1 aromatic carbocycles. The fourth-order valence-corrected chi connectivity index (χ4v) is 2.48. The van der Waals surface area contributed by atoms with Crippen molar-refractivity contribution in [1.29, 1.82) is 5.26 Å². The fourth-order valence-electron chi connectivity index (χ4n) is 2.27. The van der Waals surface area contributed by atoms with Crippen LogP contribution in [0.15, 0.2) is 23.0 Å². The van der Waals surface area contributed by atoms with E-state index in [1.165, 1.54) is 7.11 Å². The zero-order chi connectivity index (χ0) is 19.2. The molecule has 0 unspecified atom stereocenters. The molecule has 0 aliphatic heterocycles. The van der Waals surface area contributed by atoms with Crippen molar-refractivity contribution in [2.75, 3.05) is 7.11 Å². The minimum atomic E-state index is -0.555. The Morgan fingerprint density at radius 3 is 2.89 bits per heavy atom. The van der Waals surface area contributed by atoms with Crippen molar-refractivity contribution in [3.05, 3.63) is 56.0 Å². The number of nitriles is 1. The molecule has 0 radical (unpaired) electrons. The van der Waals surface area contributed by atoms with Crippen molar-refractivity contribution >= 4 is 24.4 Å². The van der Waals surface area contributed by atoms with Gasteiger partial charge in [-0.15, -0.1) is 10.2 Å². The largest absolute Gasteiger partial charge is 0.493 e. The van der Waals surface area contributed by atoms with Gasteiger partial charge in [-0.2, -0.15) is 10.5 Å². The average Bonchev–Trinajstić information content (AvgIpc) is 3.18. The van der Waals surface area contributed by atoms with Crippen LogP contribution in [0.1, 0.15) is 22.6 Å². The van der Waals surface area contributed by atoms with E-state index in [1.807, 2.05) is 6.07 Å². The molecule has 3 N–H and O–H groups in total. The summed E-state index contributed by atoms with van der Waals surface area (Å²) >= 11 is 4.96. The predicted octanol–water partition coefficient (Wildman–Crippen LogP) is 1.58. The normalized spacial score (nSPS) is 10.7. The second-order valence-electron chi connectivity index (χ2n) is 5.14.